The zero-order valence-electron chi connectivity index (χ0n) is 22.8. The molecule has 12 heteroatoms. The number of amides is 2. The van der Waals surface area contributed by atoms with E-state index in [0.29, 0.717) is 27.1 Å². The van der Waals surface area contributed by atoms with Crippen LogP contribution in [-0.4, -0.2) is 43.8 Å². The summed E-state index contributed by atoms with van der Waals surface area (Å²) in [6, 6.07) is 15.8. The second-order valence-electron chi connectivity index (χ2n) is 9.38. The van der Waals surface area contributed by atoms with Gasteiger partial charge < -0.3 is 10.2 Å². The van der Waals surface area contributed by atoms with Gasteiger partial charge in [-0.25, -0.2) is 8.42 Å². The van der Waals surface area contributed by atoms with Gasteiger partial charge in [-0.2, -0.15) is 0 Å². The summed E-state index contributed by atoms with van der Waals surface area (Å²) in [6.45, 7) is 4.77. The quantitative estimate of drug-likeness (QED) is 0.223. The normalized spacial score (nSPS) is 12.9. The van der Waals surface area contributed by atoms with Crippen LogP contribution in [0.15, 0.2) is 71.6 Å². The molecule has 0 aliphatic rings. The lowest BCUT2D eigenvalue weighted by molar-refractivity contribution is -0.140. The van der Waals surface area contributed by atoms with Crippen molar-refractivity contribution in [3.05, 3.63) is 92.4 Å². The fraction of sp³-hybridized carbons (Fsp3) is 0.310. The summed E-state index contributed by atoms with van der Waals surface area (Å²) in [5, 5.41) is 3.87. The van der Waals surface area contributed by atoms with Gasteiger partial charge in [0.1, 0.15) is 12.6 Å². The van der Waals surface area contributed by atoms with Crippen molar-refractivity contribution < 1.29 is 18.0 Å². The Labute approximate surface area is 261 Å². The number of nitrogens with one attached hydrogen (secondary N) is 1. The standard InChI is InChI=1S/C29H31Cl4N3O4S/c1-4-19(3)34-29(38)26(5-2)35(17-22-23(31)12-9-13-24(22)32)28(37)18-36(27-15-14-20(30)16-25(27)33)41(39,40)21-10-7-6-8-11-21/h6-16,19,26H,4-5,17-18H2,1-3H3,(H,34,38)/t19-,26-/m0/s1. The highest BCUT2D eigenvalue weighted by Gasteiger charge is 2.35. The van der Waals surface area contributed by atoms with E-state index in [9.17, 15) is 18.0 Å². The molecule has 2 atom stereocenters. The van der Waals surface area contributed by atoms with E-state index in [1.807, 2.05) is 13.8 Å². The summed E-state index contributed by atoms with van der Waals surface area (Å²) in [6.07, 6.45) is 0.938. The van der Waals surface area contributed by atoms with Gasteiger partial charge in [-0.15, -0.1) is 0 Å². The molecule has 3 rings (SSSR count). The molecule has 1 N–H and O–H groups in total. The number of benzene rings is 3. The van der Waals surface area contributed by atoms with Crippen LogP contribution >= 0.6 is 46.4 Å². The van der Waals surface area contributed by atoms with Gasteiger partial charge in [0.2, 0.25) is 11.8 Å². The Morgan fingerprint density at radius 2 is 1.49 bits per heavy atom. The van der Waals surface area contributed by atoms with E-state index in [4.69, 9.17) is 46.4 Å². The van der Waals surface area contributed by atoms with Crippen LogP contribution in [0.2, 0.25) is 20.1 Å². The first-order valence-corrected chi connectivity index (χ1v) is 15.9. The van der Waals surface area contributed by atoms with E-state index >= 15 is 0 Å². The Kier molecular flexibility index (Phi) is 11.8. The Hall–Kier alpha value is -2.49. The number of rotatable bonds is 12. The summed E-state index contributed by atoms with van der Waals surface area (Å²) >= 11 is 25.4. The van der Waals surface area contributed by atoms with Gasteiger partial charge in [-0.1, -0.05) is 84.5 Å². The predicted molar refractivity (Wildman–Crippen MR) is 166 cm³/mol. The molecule has 0 radical (unpaired) electrons. The van der Waals surface area contributed by atoms with Crippen LogP contribution in [-0.2, 0) is 26.2 Å². The van der Waals surface area contributed by atoms with E-state index in [1.54, 1.807) is 43.3 Å². The molecule has 3 aromatic rings. The molecule has 0 aliphatic carbocycles. The first kappa shape index (κ1) is 33.0. The lowest BCUT2D eigenvalue weighted by Gasteiger charge is -2.34. The number of sulfonamides is 1. The van der Waals surface area contributed by atoms with Crippen LogP contribution in [0.25, 0.3) is 0 Å². The molecule has 0 spiro atoms. The zero-order chi connectivity index (χ0) is 30.3. The molecular formula is C29H31Cl4N3O4S. The Morgan fingerprint density at radius 3 is 2.05 bits per heavy atom. The smallest absolute Gasteiger partial charge is 0.264 e. The number of halogens is 4. The Morgan fingerprint density at radius 1 is 0.854 bits per heavy atom. The summed E-state index contributed by atoms with van der Waals surface area (Å²) in [7, 11) is -4.28. The highest BCUT2D eigenvalue weighted by Crippen LogP contribution is 2.33. The van der Waals surface area contributed by atoms with Gasteiger partial charge in [0, 0.05) is 33.2 Å². The molecule has 0 heterocycles. The average Bonchev–Trinajstić information content (AvgIpc) is 2.93. The topological polar surface area (TPSA) is 86.8 Å². The maximum Gasteiger partial charge on any atom is 0.264 e. The van der Waals surface area contributed by atoms with Crippen LogP contribution in [0, 0.1) is 0 Å². The van der Waals surface area contributed by atoms with E-state index < -0.39 is 28.5 Å². The SMILES string of the molecule is CC[C@H](C)NC(=O)[C@H](CC)N(Cc1c(Cl)cccc1Cl)C(=O)CN(c1ccc(Cl)cc1Cl)S(=O)(=O)c1ccccc1. The van der Waals surface area contributed by atoms with Crippen molar-refractivity contribution in [3.63, 3.8) is 0 Å². The van der Waals surface area contributed by atoms with Crippen molar-refractivity contribution in [2.75, 3.05) is 10.8 Å². The number of nitrogens with zero attached hydrogens (tertiary/aromatic N) is 2. The maximum absolute atomic E-state index is 14.2. The monoisotopic (exact) mass is 657 g/mol. The highest BCUT2D eigenvalue weighted by atomic mass is 35.5. The van der Waals surface area contributed by atoms with Crippen molar-refractivity contribution in [3.8, 4) is 0 Å². The third-order valence-corrected chi connectivity index (χ3v) is 9.59. The first-order chi connectivity index (χ1) is 19.4. The molecule has 0 saturated carbocycles. The van der Waals surface area contributed by atoms with Gasteiger partial charge in [-0.3, -0.25) is 13.9 Å². The number of hydrogen-bond acceptors (Lipinski definition) is 4. The molecule has 3 aromatic carbocycles. The van der Waals surface area contributed by atoms with Crippen LogP contribution in [0.4, 0.5) is 5.69 Å². The second kappa shape index (κ2) is 14.6. The summed E-state index contributed by atoms with van der Waals surface area (Å²) in [4.78, 5) is 28.8. The first-order valence-electron chi connectivity index (χ1n) is 13.0. The molecule has 2 amide bonds. The lowest BCUT2D eigenvalue weighted by atomic mass is 10.1. The van der Waals surface area contributed by atoms with Gasteiger partial charge in [-0.05, 0) is 62.2 Å². The molecule has 220 valence electrons. The summed E-state index contributed by atoms with van der Waals surface area (Å²) in [5.41, 5.74) is 0.488. The average molecular weight is 659 g/mol. The van der Waals surface area contributed by atoms with Gasteiger partial charge in [0.15, 0.2) is 0 Å². The molecule has 0 aliphatic heterocycles. The molecule has 0 bridgehead atoms. The summed E-state index contributed by atoms with van der Waals surface area (Å²) < 4.78 is 28.7. The fourth-order valence-electron chi connectivity index (χ4n) is 4.13. The Balaban J connectivity index is 2.12. The minimum absolute atomic E-state index is 0.0343. The molecular weight excluding hydrogens is 628 g/mol. The molecule has 0 fully saturated rings. The van der Waals surface area contributed by atoms with E-state index in [-0.39, 0.29) is 40.5 Å². The van der Waals surface area contributed by atoms with E-state index in [2.05, 4.69) is 5.32 Å². The third-order valence-electron chi connectivity index (χ3n) is 6.57. The van der Waals surface area contributed by atoms with Gasteiger partial charge in [0.05, 0.1) is 15.6 Å². The van der Waals surface area contributed by atoms with Crippen molar-refractivity contribution in [2.24, 2.45) is 0 Å². The van der Waals surface area contributed by atoms with Crippen molar-refractivity contribution in [1.29, 1.82) is 0 Å². The number of anilines is 1. The van der Waals surface area contributed by atoms with Gasteiger partial charge in [0.25, 0.3) is 10.0 Å². The van der Waals surface area contributed by atoms with Crippen molar-refractivity contribution in [1.82, 2.24) is 10.2 Å². The lowest BCUT2D eigenvalue weighted by Crippen LogP contribution is -2.53. The second-order valence-corrected chi connectivity index (χ2v) is 12.9. The minimum atomic E-state index is -4.28. The van der Waals surface area contributed by atoms with Gasteiger partial charge >= 0.3 is 0 Å². The van der Waals surface area contributed by atoms with Crippen LogP contribution in [0.3, 0.4) is 0 Å². The van der Waals surface area contributed by atoms with Crippen LogP contribution in [0.1, 0.15) is 39.2 Å². The van der Waals surface area contributed by atoms with Crippen molar-refractivity contribution >= 4 is 73.9 Å². The minimum Gasteiger partial charge on any atom is -0.352 e. The molecule has 41 heavy (non-hydrogen) atoms. The zero-order valence-corrected chi connectivity index (χ0v) is 26.6. The highest BCUT2D eigenvalue weighted by molar-refractivity contribution is 7.92. The Bertz CT molecular complexity index is 1470. The van der Waals surface area contributed by atoms with Crippen LogP contribution < -0.4 is 9.62 Å². The van der Waals surface area contributed by atoms with Crippen molar-refractivity contribution in [2.45, 2.75) is 57.1 Å². The van der Waals surface area contributed by atoms with Crippen LogP contribution in [0.5, 0.6) is 0 Å². The number of hydrogen-bond donors (Lipinski definition) is 1. The molecule has 0 saturated heterocycles. The maximum atomic E-state index is 14.2. The van der Waals surface area contributed by atoms with E-state index in [0.717, 1.165) is 4.31 Å². The largest absolute Gasteiger partial charge is 0.352 e. The molecule has 0 aromatic heterocycles. The fourth-order valence-corrected chi connectivity index (χ4v) is 6.66. The summed E-state index contributed by atoms with van der Waals surface area (Å²) in [5.74, 6) is -1.03. The molecule has 0 unspecified atom stereocenters. The number of carbonyl (C=O) groups excluding carboxylic acids is 2. The number of carbonyl (C=O) groups is 2. The molecule has 7 nitrogen and oxygen atoms in total. The van der Waals surface area contributed by atoms with E-state index in [1.165, 1.54) is 35.2 Å². The predicted octanol–water partition coefficient (Wildman–Crippen LogP) is 7.22. The third kappa shape index (κ3) is 8.08.